The van der Waals surface area contributed by atoms with Crippen molar-refractivity contribution in [2.24, 2.45) is 4.99 Å². The zero-order valence-corrected chi connectivity index (χ0v) is 26.3. The second kappa shape index (κ2) is 14.5. The van der Waals surface area contributed by atoms with Crippen LogP contribution in [0, 0.1) is 0 Å². The Balaban J connectivity index is 1.44. The van der Waals surface area contributed by atoms with Crippen molar-refractivity contribution in [3.8, 4) is 11.5 Å². The van der Waals surface area contributed by atoms with Crippen molar-refractivity contribution in [3.05, 3.63) is 107 Å². The Kier molecular flexibility index (Phi) is 10.3. The highest BCUT2D eigenvalue weighted by Gasteiger charge is 2.31. The van der Waals surface area contributed by atoms with E-state index in [1.54, 1.807) is 0 Å². The van der Waals surface area contributed by atoms with Crippen molar-refractivity contribution in [1.82, 2.24) is 5.32 Å². The lowest BCUT2D eigenvalue weighted by Crippen LogP contribution is -2.39. The van der Waals surface area contributed by atoms with Crippen LogP contribution in [0.1, 0.15) is 64.1 Å². The van der Waals surface area contributed by atoms with E-state index in [1.807, 2.05) is 87.2 Å². The molecule has 1 N–H and O–H groups in total. The molecule has 3 aromatic carbocycles. The summed E-state index contributed by atoms with van der Waals surface area (Å²) in [6.07, 6.45) is 5.27. The molecule has 1 amide bonds. The summed E-state index contributed by atoms with van der Waals surface area (Å²) in [5.41, 5.74) is 6.84. The van der Waals surface area contributed by atoms with Crippen LogP contribution >= 0.6 is 11.8 Å². The van der Waals surface area contributed by atoms with Crippen LogP contribution in [0.4, 0.5) is 5.69 Å². The number of nitrogens with zero attached hydrogens (tertiary/aromatic N) is 2. The number of allylic oxidation sites excluding steroid dienone is 1. The smallest absolute Gasteiger partial charge is 0.237 e. The van der Waals surface area contributed by atoms with E-state index in [0.29, 0.717) is 13.2 Å². The minimum Gasteiger partial charge on any atom is -0.494 e. The molecule has 1 aliphatic carbocycles. The van der Waals surface area contributed by atoms with Gasteiger partial charge in [-0.25, -0.2) is 4.99 Å². The number of amides is 1. The van der Waals surface area contributed by atoms with Crippen LogP contribution in [0.5, 0.6) is 11.5 Å². The van der Waals surface area contributed by atoms with Gasteiger partial charge in [0.15, 0.2) is 5.17 Å². The molecule has 0 saturated carbocycles. The summed E-state index contributed by atoms with van der Waals surface area (Å²) in [6.45, 7) is 9.36. The molecule has 3 aromatic rings. The second-order valence-corrected chi connectivity index (χ2v) is 11.8. The van der Waals surface area contributed by atoms with Crippen molar-refractivity contribution in [3.63, 3.8) is 0 Å². The standard InChI is InChI=1S/C36H41N3O3S/c1-5-41-30-19-15-26(16-20-30)23-28-11-10-14-32-34(27-17-21-31(22-18-27)42-6-2)37-36(38-35(28)32)43-24-33(40)39(25(3)4)29-12-8-7-9-13-29/h7-9,12-13,15-23,25,34H,5-6,10-11,14,24H2,1-4H3,(H,37,38)/b28-23+/t34-/m1/s1. The lowest BCUT2D eigenvalue weighted by atomic mass is 9.84. The molecule has 43 heavy (non-hydrogen) atoms. The van der Waals surface area contributed by atoms with E-state index in [-0.39, 0.29) is 23.7 Å². The van der Waals surface area contributed by atoms with Crippen LogP contribution in [0.2, 0.25) is 0 Å². The van der Waals surface area contributed by atoms with E-state index in [1.165, 1.54) is 22.9 Å². The van der Waals surface area contributed by atoms with Gasteiger partial charge < -0.3 is 19.7 Å². The number of carbonyl (C=O) groups excluding carboxylic acids is 1. The molecule has 0 unspecified atom stereocenters. The lowest BCUT2D eigenvalue weighted by molar-refractivity contribution is -0.116. The fourth-order valence-corrected chi connectivity index (χ4v) is 6.40. The average molecular weight is 596 g/mol. The van der Waals surface area contributed by atoms with Crippen LogP contribution < -0.4 is 19.7 Å². The largest absolute Gasteiger partial charge is 0.494 e. The molecule has 7 heteroatoms. The molecule has 2 aliphatic rings. The van der Waals surface area contributed by atoms with Gasteiger partial charge in [0.2, 0.25) is 5.91 Å². The van der Waals surface area contributed by atoms with Crippen LogP contribution in [0.25, 0.3) is 6.08 Å². The normalized spacial score (nSPS) is 17.3. The molecule has 0 fully saturated rings. The third-order valence-electron chi connectivity index (χ3n) is 7.53. The third kappa shape index (κ3) is 7.52. The SMILES string of the molecule is CCOc1ccc(/C=C2\CCCC3=C2NC(SCC(=O)N(c2ccccc2)C(C)C)=N[C@@H]3c2ccc(OCC)cc2)cc1. The van der Waals surface area contributed by atoms with Gasteiger partial charge in [0, 0.05) is 17.4 Å². The summed E-state index contributed by atoms with van der Waals surface area (Å²) >= 11 is 1.47. The van der Waals surface area contributed by atoms with Crippen molar-refractivity contribution in [1.29, 1.82) is 0 Å². The first-order chi connectivity index (χ1) is 21.0. The summed E-state index contributed by atoms with van der Waals surface area (Å²) in [7, 11) is 0. The fraction of sp³-hybridized carbons (Fsp3) is 0.333. The Morgan fingerprint density at radius 3 is 2.23 bits per heavy atom. The van der Waals surface area contributed by atoms with Crippen LogP contribution in [0.15, 0.2) is 101 Å². The number of anilines is 1. The highest BCUT2D eigenvalue weighted by Crippen LogP contribution is 2.42. The summed E-state index contributed by atoms with van der Waals surface area (Å²) < 4.78 is 11.3. The maximum atomic E-state index is 13.5. The van der Waals surface area contributed by atoms with Crippen LogP contribution in [0.3, 0.4) is 0 Å². The number of carbonyl (C=O) groups is 1. The first-order valence-electron chi connectivity index (χ1n) is 15.2. The molecule has 224 valence electrons. The van der Waals surface area contributed by atoms with Crippen molar-refractivity contribution in [2.75, 3.05) is 23.9 Å². The number of ether oxygens (including phenoxy) is 2. The number of hydrogen-bond donors (Lipinski definition) is 1. The molecule has 5 rings (SSSR count). The summed E-state index contributed by atoms with van der Waals surface area (Å²) in [5.74, 6) is 2.07. The number of hydrogen-bond acceptors (Lipinski definition) is 6. The summed E-state index contributed by atoms with van der Waals surface area (Å²) in [6, 6.07) is 26.3. The van der Waals surface area contributed by atoms with Gasteiger partial charge in [0.05, 0.1) is 19.0 Å². The minimum atomic E-state index is -0.121. The number of amidine groups is 1. The maximum Gasteiger partial charge on any atom is 0.237 e. The molecule has 0 saturated heterocycles. The van der Waals surface area contributed by atoms with Crippen LogP contribution in [-0.4, -0.2) is 36.1 Å². The Hall–Kier alpha value is -3.97. The molecule has 1 aliphatic heterocycles. The minimum absolute atomic E-state index is 0.0460. The van der Waals surface area contributed by atoms with E-state index in [4.69, 9.17) is 14.5 Å². The highest BCUT2D eigenvalue weighted by molar-refractivity contribution is 8.14. The number of para-hydroxylation sites is 1. The highest BCUT2D eigenvalue weighted by atomic mass is 32.2. The Morgan fingerprint density at radius 2 is 1.60 bits per heavy atom. The van der Waals surface area contributed by atoms with Gasteiger partial charge in [-0.2, -0.15) is 0 Å². The van der Waals surface area contributed by atoms with Crippen molar-refractivity contribution < 1.29 is 14.3 Å². The topological polar surface area (TPSA) is 63.2 Å². The van der Waals surface area contributed by atoms with E-state index >= 15 is 0 Å². The number of benzene rings is 3. The average Bonchev–Trinajstić information content (AvgIpc) is 3.02. The zero-order chi connectivity index (χ0) is 30.2. The summed E-state index contributed by atoms with van der Waals surface area (Å²) in [4.78, 5) is 20.6. The monoisotopic (exact) mass is 595 g/mol. The van der Waals surface area contributed by atoms with Gasteiger partial charge in [-0.15, -0.1) is 0 Å². The van der Waals surface area contributed by atoms with Crippen molar-refractivity contribution in [2.45, 2.75) is 59.0 Å². The van der Waals surface area contributed by atoms with Crippen LogP contribution in [-0.2, 0) is 4.79 Å². The van der Waals surface area contributed by atoms with Gasteiger partial charge in [0.1, 0.15) is 17.5 Å². The van der Waals surface area contributed by atoms with Gasteiger partial charge >= 0.3 is 0 Å². The van der Waals surface area contributed by atoms with E-state index in [2.05, 4.69) is 35.7 Å². The van der Waals surface area contributed by atoms with E-state index in [0.717, 1.165) is 58.4 Å². The fourth-order valence-electron chi connectivity index (χ4n) is 5.65. The summed E-state index contributed by atoms with van der Waals surface area (Å²) in [5, 5.41) is 4.42. The number of thioether (sulfide) groups is 1. The van der Waals surface area contributed by atoms with Crippen molar-refractivity contribution >= 4 is 34.6 Å². The molecular formula is C36H41N3O3S. The van der Waals surface area contributed by atoms with E-state index < -0.39 is 0 Å². The Bertz CT molecular complexity index is 1480. The van der Waals surface area contributed by atoms with E-state index in [9.17, 15) is 4.79 Å². The Labute approximate surface area is 259 Å². The third-order valence-corrected chi connectivity index (χ3v) is 8.41. The second-order valence-electron chi connectivity index (χ2n) is 10.9. The molecule has 1 heterocycles. The molecular weight excluding hydrogens is 554 g/mol. The lowest BCUT2D eigenvalue weighted by Gasteiger charge is -2.33. The molecule has 1 atom stereocenters. The first kappa shape index (κ1) is 30.5. The molecule has 0 spiro atoms. The first-order valence-corrected chi connectivity index (χ1v) is 16.2. The predicted octanol–water partition coefficient (Wildman–Crippen LogP) is 8.18. The Morgan fingerprint density at radius 1 is 0.953 bits per heavy atom. The zero-order valence-electron chi connectivity index (χ0n) is 25.5. The number of aliphatic imine (C=N–C) groups is 1. The molecule has 0 aromatic heterocycles. The van der Waals surface area contributed by atoms with Gasteiger partial charge in [0.25, 0.3) is 0 Å². The van der Waals surface area contributed by atoms with Gasteiger partial charge in [-0.3, -0.25) is 4.79 Å². The number of nitrogens with one attached hydrogen (secondary N) is 1. The maximum absolute atomic E-state index is 13.5. The molecule has 0 bridgehead atoms. The quantitative estimate of drug-likeness (QED) is 0.256. The van der Waals surface area contributed by atoms with Gasteiger partial charge in [-0.1, -0.05) is 54.2 Å². The molecule has 0 radical (unpaired) electrons. The molecule has 6 nitrogen and oxygen atoms in total. The number of rotatable bonds is 10. The predicted molar refractivity (Wildman–Crippen MR) is 179 cm³/mol. The van der Waals surface area contributed by atoms with Gasteiger partial charge in [-0.05, 0) is 112 Å².